The van der Waals surface area contributed by atoms with Crippen molar-refractivity contribution in [3.8, 4) is 0 Å². The molecule has 0 aliphatic heterocycles. The van der Waals surface area contributed by atoms with Crippen molar-refractivity contribution in [3.63, 3.8) is 0 Å². The molecule has 6 N–H and O–H groups in total. The van der Waals surface area contributed by atoms with Crippen molar-refractivity contribution in [2.24, 2.45) is 11.5 Å². The first kappa shape index (κ1) is 8.35. The van der Waals surface area contributed by atoms with Crippen LogP contribution in [0.15, 0.2) is 0 Å². The lowest BCUT2D eigenvalue weighted by Crippen LogP contribution is -2.46. The van der Waals surface area contributed by atoms with E-state index in [1.807, 2.05) is 0 Å². The highest BCUT2D eigenvalue weighted by atomic mass is 16.3. The number of amides is 1. The number of rotatable bonds is 3. The van der Waals surface area contributed by atoms with E-state index in [1.165, 1.54) is 0 Å². The van der Waals surface area contributed by atoms with Gasteiger partial charge in [0.2, 0.25) is 5.91 Å². The highest BCUT2D eigenvalue weighted by Gasteiger charge is 2.18. The van der Waals surface area contributed by atoms with Crippen molar-refractivity contribution >= 4 is 5.91 Å². The molecule has 0 radical (unpaired) electrons. The lowest BCUT2D eigenvalue weighted by molar-refractivity contribution is -0.127. The van der Waals surface area contributed by atoms with E-state index in [2.05, 4.69) is 5.73 Å². The average molecular weight is 134 g/mol. The minimum Gasteiger partial charge on any atom is -0.395 e. The molecule has 0 heterocycles. The Labute approximate surface area is 52.3 Å². The summed E-state index contributed by atoms with van der Waals surface area (Å²) in [4.78, 5) is 10.1. The summed E-state index contributed by atoms with van der Waals surface area (Å²) < 4.78 is 0. The van der Waals surface area contributed by atoms with E-state index < -0.39 is 24.7 Å². The van der Waals surface area contributed by atoms with Crippen LogP contribution in [0.4, 0.5) is 0 Å². The summed E-state index contributed by atoms with van der Waals surface area (Å²) >= 11 is 0. The van der Waals surface area contributed by atoms with Crippen molar-refractivity contribution in [2.45, 2.75) is 12.1 Å². The lowest BCUT2D eigenvalue weighted by atomic mass is 10.2. The fourth-order valence-corrected chi connectivity index (χ4v) is 0.311. The molecule has 0 fully saturated rings. The number of aliphatic hydroxyl groups excluding tert-OH is 2. The maximum atomic E-state index is 10.1. The van der Waals surface area contributed by atoms with Crippen LogP contribution >= 0.6 is 0 Å². The molecule has 0 saturated carbocycles. The van der Waals surface area contributed by atoms with Gasteiger partial charge < -0.3 is 21.7 Å². The summed E-state index contributed by atoms with van der Waals surface area (Å²) in [5.41, 5.74) is 9.65. The van der Waals surface area contributed by atoms with Crippen molar-refractivity contribution < 1.29 is 15.0 Å². The molecule has 0 aromatic heterocycles. The van der Waals surface area contributed by atoms with Crippen LogP contribution in [-0.2, 0) is 4.79 Å². The zero-order valence-corrected chi connectivity index (χ0v) is 4.82. The molecule has 54 valence electrons. The van der Waals surface area contributed by atoms with Gasteiger partial charge in [0.15, 0.2) is 0 Å². The molecule has 0 rings (SSSR count). The molecule has 0 aromatic carbocycles. The molecule has 5 heteroatoms. The number of carbonyl (C=O) groups excluding carboxylic acids is 1. The van der Waals surface area contributed by atoms with Crippen molar-refractivity contribution in [2.75, 3.05) is 6.61 Å². The van der Waals surface area contributed by atoms with Crippen LogP contribution in [0.5, 0.6) is 0 Å². The first-order chi connectivity index (χ1) is 4.09. The maximum Gasteiger partial charge on any atom is 0.247 e. The predicted molar refractivity (Wildman–Crippen MR) is 30.3 cm³/mol. The van der Waals surface area contributed by atoms with Gasteiger partial charge in [0, 0.05) is 0 Å². The minimum absolute atomic E-state index is 0.454. The standard InChI is InChI=1S/C4H10N2O3/c5-2(1-7)3(8)4(6)9/h2-3,7-8H,1,5H2,(H2,6,9). The quantitative estimate of drug-likeness (QED) is 0.333. The zero-order chi connectivity index (χ0) is 7.44. The molecule has 2 unspecified atom stereocenters. The number of primary amides is 1. The summed E-state index contributed by atoms with van der Waals surface area (Å²) in [5.74, 6) is -0.920. The number of hydrogen-bond acceptors (Lipinski definition) is 4. The van der Waals surface area contributed by atoms with Gasteiger partial charge in [-0.05, 0) is 0 Å². The van der Waals surface area contributed by atoms with E-state index in [0.717, 1.165) is 0 Å². The highest BCUT2D eigenvalue weighted by molar-refractivity contribution is 5.79. The van der Waals surface area contributed by atoms with Gasteiger partial charge in [-0.3, -0.25) is 4.79 Å². The predicted octanol–water partition coefficient (Wildman–Crippen LogP) is -2.85. The number of nitrogens with two attached hydrogens (primary N) is 2. The van der Waals surface area contributed by atoms with Gasteiger partial charge in [-0.2, -0.15) is 0 Å². The van der Waals surface area contributed by atoms with Crippen molar-refractivity contribution in [1.82, 2.24) is 0 Å². The molecule has 0 aromatic rings. The summed E-state index contributed by atoms with van der Waals surface area (Å²) in [7, 11) is 0. The van der Waals surface area contributed by atoms with E-state index in [-0.39, 0.29) is 0 Å². The van der Waals surface area contributed by atoms with Gasteiger partial charge in [-0.25, -0.2) is 0 Å². The topological polar surface area (TPSA) is 110 Å². The van der Waals surface area contributed by atoms with Gasteiger partial charge in [-0.15, -0.1) is 0 Å². The Bertz CT molecular complexity index is 106. The van der Waals surface area contributed by atoms with Gasteiger partial charge in [-0.1, -0.05) is 0 Å². The van der Waals surface area contributed by atoms with E-state index in [1.54, 1.807) is 0 Å². The Balaban J connectivity index is 3.72. The minimum atomic E-state index is -1.45. The van der Waals surface area contributed by atoms with Gasteiger partial charge in [0.1, 0.15) is 6.10 Å². The monoisotopic (exact) mass is 134 g/mol. The van der Waals surface area contributed by atoms with E-state index >= 15 is 0 Å². The van der Waals surface area contributed by atoms with Crippen LogP contribution in [0.1, 0.15) is 0 Å². The average Bonchev–Trinajstić information content (AvgIpc) is 1.84. The van der Waals surface area contributed by atoms with Crippen LogP contribution in [0.2, 0.25) is 0 Å². The van der Waals surface area contributed by atoms with Crippen LogP contribution in [0.25, 0.3) is 0 Å². The number of carbonyl (C=O) groups is 1. The smallest absolute Gasteiger partial charge is 0.247 e. The molecular formula is C4H10N2O3. The Morgan fingerprint density at radius 1 is 1.67 bits per heavy atom. The number of hydrogen-bond donors (Lipinski definition) is 4. The molecule has 5 nitrogen and oxygen atoms in total. The molecule has 1 amide bonds. The molecule has 0 saturated heterocycles. The third kappa shape index (κ3) is 2.41. The normalized spacial score (nSPS) is 16.8. The fourth-order valence-electron chi connectivity index (χ4n) is 0.311. The first-order valence-electron chi connectivity index (χ1n) is 2.43. The Hall–Kier alpha value is -0.650. The maximum absolute atomic E-state index is 10.1. The second-order valence-electron chi connectivity index (χ2n) is 1.69. The third-order valence-corrected chi connectivity index (χ3v) is 0.908. The zero-order valence-electron chi connectivity index (χ0n) is 4.82. The first-order valence-corrected chi connectivity index (χ1v) is 2.43. The molecule has 0 bridgehead atoms. The van der Waals surface area contributed by atoms with Crippen molar-refractivity contribution in [1.29, 1.82) is 0 Å². The van der Waals surface area contributed by atoms with Crippen molar-refractivity contribution in [3.05, 3.63) is 0 Å². The van der Waals surface area contributed by atoms with Crippen LogP contribution in [-0.4, -0.2) is 34.9 Å². The van der Waals surface area contributed by atoms with Gasteiger partial charge in [0.05, 0.1) is 12.6 Å². The molecule has 0 aliphatic rings. The third-order valence-electron chi connectivity index (χ3n) is 0.908. The van der Waals surface area contributed by atoms with E-state index in [9.17, 15) is 4.79 Å². The molecule has 0 aliphatic carbocycles. The Morgan fingerprint density at radius 2 is 2.11 bits per heavy atom. The fraction of sp³-hybridized carbons (Fsp3) is 0.750. The Morgan fingerprint density at radius 3 is 2.22 bits per heavy atom. The summed E-state index contributed by atoms with van der Waals surface area (Å²) in [5, 5.41) is 16.9. The molecule has 9 heavy (non-hydrogen) atoms. The van der Waals surface area contributed by atoms with E-state index in [4.69, 9.17) is 15.9 Å². The second-order valence-corrected chi connectivity index (χ2v) is 1.69. The van der Waals surface area contributed by atoms with Crippen LogP contribution < -0.4 is 11.5 Å². The van der Waals surface area contributed by atoms with E-state index in [0.29, 0.717) is 0 Å². The van der Waals surface area contributed by atoms with Crippen LogP contribution in [0.3, 0.4) is 0 Å². The lowest BCUT2D eigenvalue weighted by Gasteiger charge is -2.11. The largest absolute Gasteiger partial charge is 0.395 e. The van der Waals surface area contributed by atoms with Gasteiger partial charge in [0.25, 0.3) is 0 Å². The van der Waals surface area contributed by atoms with Crippen LogP contribution in [0, 0.1) is 0 Å². The molecular weight excluding hydrogens is 124 g/mol. The van der Waals surface area contributed by atoms with Gasteiger partial charge >= 0.3 is 0 Å². The second kappa shape index (κ2) is 3.39. The summed E-state index contributed by atoms with van der Waals surface area (Å²) in [6.07, 6.45) is -1.45. The summed E-state index contributed by atoms with van der Waals surface area (Å²) in [6, 6.07) is -0.970. The number of aliphatic hydroxyl groups is 2. The SMILES string of the molecule is NC(=O)C(O)C(N)CO. The molecule has 0 spiro atoms. The highest BCUT2D eigenvalue weighted by Crippen LogP contribution is 1.85. The Kier molecular flexibility index (Phi) is 3.15. The summed E-state index contributed by atoms with van der Waals surface area (Å²) in [6.45, 7) is -0.454. The molecule has 2 atom stereocenters.